The molecule has 4 rings (SSSR count). The minimum Gasteiger partial charge on any atom is -0.388 e. The van der Waals surface area contributed by atoms with Crippen molar-refractivity contribution in [1.82, 2.24) is 9.97 Å². The Morgan fingerprint density at radius 2 is 1.07 bits per heavy atom. The van der Waals surface area contributed by atoms with Gasteiger partial charge in [-0.2, -0.15) is 0 Å². The summed E-state index contributed by atoms with van der Waals surface area (Å²) in [6.45, 7) is 0. The number of rotatable bonds is 5. The van der Waals surface area contributed by atoms with Gasteiger partial charge in [-0.05, 0) is 30.3 Å². The molecule has 0 atom stereocenters. The van der Waals surface area contributed by atoms with Gasteiger partial charge in [0.2, 0.25) is 0 Å². The summed E-state index contributed by atoms with van der Waals surface area (Å²) in [4.78, 5) is 9.75. The molecule has 1 aromatic heterocycles. The number of nitrogens with zero attached hydrogens (tertiary/aromatic N) is 2. The van der Waals surface area contributed by atoms with E-state index >= 15 is 0 Å². The number of hydrogen-bond acceptors (Lipinski definition) is 4. The summed E-state index contributed by atoms with van der Waals surface area (Å²) in [6.07, 6.45) is 0. The van der Waals surface area contributed by atoms with Crippen molar-refractivity contribution in [2.75, 3.05) is 24.7 Å². The van der Waals surface area contributed by atoms with Gasteiger partial charge in [0.15, 0.2) is 5.82 Å². The van der Waals surface area contributed by atoms with Gasteiger partial charge in [0.05, 0.1) is 11.4 Å². The maximum Gasteiger partial charge on any atom is 0.160 e. The molecule has 0 spiro atoms. The van der Waals surface area contributed by atoms with Crippen LogP contribution in [0.1, 0.15) is 0 Å². The van der Waals surface area contributed by atoms with Crippen molar-refractivity contribution in [2.45, 2.75) is 0 Å². The van der Waals surface area contributed by atoms with Crippen LogP contribution in [0.5, 0.6) is 0 Å². The molecule has 4 nitrogen and oxygen atoms in total. The smallest absolute Gasteiger partial charge is 0.160 e. The molecule has 0 aliphatic heterocycles. The molecular formula is C24H22N4. The third-order valence-corrected chi connectivity index (χ3v) is 4.65. The molecule has 0 aliphatic rings. The molecule has 0 fully saturated rings. The highest BCUT2D eigenvalue weighted by atomic mass is 14.9. The van der Waals surface area contributed by atoms with Gasteiger partial charge in [-0.3, -0.25) is 0 Å². The fourth-order valence-electron chi connectivity index (χ4n) is 3.13. The van der Waals surface area contributed by atoms with Crippen molar-refractivity contribution in [3.05, 3.63) is 84.9 Å². The van der Waals surface area contributed by atoms with Crippen LogP contribution in [-0.4, -0.2) is 24.1 Å². The third-order valence-electron chi connectivity index (χ3n) is 4.65. The average Bonchev–Trinajstić information content (AvgIpc) is 2.79. The monoisotopic (exact) mass is 366 g/mol. The quantitative estimate of drug-likeness (QED) is 0.485. The molecule has 0 saturated carbocycles. The van der Waals surface area contributed by atoms with E-state index in [0.29, 0.717) is 5.82 Å². The Bertz CT molecular complexity index is 1020. The van der Waals surface area contributed by atoms with Gasteiger partial charge in [0.1, 0.15) is 0 Å². The van der Waals surface area contributed by atoms with E-state index in [4.69, 9.17) is 9.97 Å². The van der Waals surface area contributed by atoms with Gasteiger partial charge < -0.3 is 10.6 Å². The Morgan fingerprint density at radius 3 is 1.71 bits per heavy atom. The normalized spacial score (nSPS) is 10.5. The van der Waals surface area contributed by atoms with Crippen molar-refractivity contribution in [2.24, 2.45) is 0 Å². The standard InChI is InChI=1S/C24H22N4/c1-25-20-12-6-10-18(14-20)23-16-22(17-8-4-3-5-9-17)27-24(28-23)19-11-7-13-21(15-19)26-2/h3-16,25-26H,1-2H3. The molecule has 0 aliphatic carbocycles. The van der Waals surface area contributed by atoms with Crippen LogP contribution in [0.2, 0.25) is 0 Å². The molecule has 0 bridgehead atoms. The van der Waals surface area contributed by atoms with Crippen LogP contribution in [-0.2, 0) is 0 Å². The third kappa shape index (κ3) is 3.71. The number of benzene rings is 3. The van der Waals surface area contributed by atoms with E-state index in [1.807, 2.05) is 62.6 Å². The summed E-state index contributed by atoms with van der Waals surface area (Å²) < 4.78 is 0. The van der Waals surface area contributed by atoms with Crippen molar-refractivity contribution >= 4 is 11.4 Å². The minimum absolute atomic E-state index is 0.711. The summed E-state index contributed by atoms with van der Waals surface area (Å²) in [5, 5.41) is 6.37. The fourth-order valence-corrected chi connectivity index (χ4v) is 3.13. The summed E-state index contributed by atoms with van der Waals surface area (Å²) in [6, 6.07) is 28.7. The first-order valence-corrected chi connectivity index (χ1v) is 9.28. The first-order chi connectivity index (χ1) is 13.8. The van der Waals surface area contributed by atoms with Crippen molar-refractivity contribution in [1.29, 1.82) is 0 Å². The topological polar surface area (TPSA) is 49.8 Å². The summed E-state index contributed by atoms with van der Waals surface area (Å²) in [7, 11) is 3.83. The predicted molar refractivity (Wildman–Crippen MR) is 117 cm³/mol. The lowest BCUT2D eigenvalue weighted by atomic mass is 10.1. The molecule has 2 N–H and O–H groups in total. The van der Waals surface area contributed by atoms with E-state index in [0.717, 1.165) is 39.5 Å². The van der Waals surface area contributed by atoms with Gasteiger partial charge in [0, 0.05) is 42.2 Å². The molecule has 138 valence electrons. The average molecular weight is 366 g/mol. The summed E-state index contributed by atoms with van der Waals surface area (Å²) in [5.41, 5.74) is 7.00. The second kappa shape index (κ2) is 7.92. The lowest BCUT2D eigenvalue weighted by molar-refractivity contribution is 1.18. The van der Waals surface area contributed by atoms with E-state index in [9.17, 15) is 0 Å². The highest BCUT2D eigenvalue weighted by Gasteiger charge is 2.11. The molecule has 28 heavy (non-hydrogen) atoms. The summed E-state index contributed by atoms with van der Waals surface area (Å²) in [5.74, 6) is 0.711. The van der Waals surface area contributed by atoms with Crippen LogP contribution in [0.15, 0.2) is 84.9 Å². The molecule has 4 aromatic rings. The van der Waals surface area contributed by atoms with E-state index < -0.39 is 0 Å². The lowest BCUT2D eigenvalue weighted by Crippen LogP contribution is -1.97. The Labute approximate surface area is 165 Å². The number of aromatic nitrogens is 2. The second-order valence-corrected chi connectivity index (χ2v) is 6.49. The minimum atomic E-state index is 0.711. The van der Waals surface area contributed by atoms with Crippen LogP contribution in [0.25, 0.3) is 33.9 Å². The first-order valence-electron chi connectivity index (χ1n) is 9.28. The van der Waals surface area contributed by atoms with Crippen molar-refractivity contribution in [3.8, 4) is 33.9 Å². The van der Waals surface area contributed by atoms with Crippen LogP contribution >= 0.6 is 0 Å². The molecule has 0 amide bonds. The molecular weight excluding hydrogens is 344 g/mol. The zero-order chi connectivity index (χ0) is 19.3. The Morgan fingerprint density at radius 1 is 0.536 bits per heavy atom. The second-order valence-electron chi connectivity index (χ2n) is 6.49. The van der Waals surface area contributed by atoms with Crippen LogP contribution in [0, 0.1) is 0 Å². The number of anilines is 2. The predicted octanol–water partition coefficient (Wildman–Crippen LogP) is 5.56. The highest BCUT2D eigenvalue weighted by molar-refractivity contribution is 5.74. The molecule has 3 aromatic carbocycles. The van der Waals surface area contributed by atoms with Gasteiger partial charge in [-0.1, -0.05) is 54.6 Å². The largest absolute Gasteiger partial charge is 0.388 e. The Kier molecular flexibility index (Phi) is 5.02. The summed E-state index contributed by atoms with van der Waals surface area (Å²) >= 11 is 0. The van der Waals surface area contributed by atoms with Crippen molar-refractivity contribution in [3.63, 3.8) is 0 Å². The SMILES string of the molecule is CNc1cccc(-c2cc(-c3ccccc3)nc(-c3cccc(NC)c3)n2)c1. The fraction of sp³-hybridized carbons (Fsp3) is 0.0833. The first kappa shape index (κ1) is 17.7. The Balaban J connectivity index is 1.90. The van der Waals surface area contributed by atoms with E-state index in [1.165, 1.54) is 0 Å². The van der Waals surface area contributed by atoms with Gasteiger partial charge in [0.25, 0.3) is 0 Å². The van der Waals surface area contributed by atoms with Crippen LogP contribution < -0.4 is 10.6 Å². The maximum atomic E-state index is 4.88. The lowest BCUT2D eigenvalue weighted by Gasteiger charge is -2.11. The van der Waals surface area contributed by atoms with Gasteiger partial charge in [-0.15, -0.1) is 0 Å². The number of hydrogen-bond donors (Lipinski definition) is 2. The van der Waals surface area contributed by atoms with Gasteiger partial charge >= 0.3 is 0 Å². The van der Waals surface area contributed by atoms with Crippen LogP contribution in [0.4, 0.5) is 11.4 Å². The van der Waals surface area contributed by atoms with E-state index in [2.05, 4.69) is 47.0 Å². The van der Waals surface area contributed by atoms with Crippen molar-refractivity contribution < 1.29 is 0 Å². The highest BCUT2D eigenvalue weighted by Crippen LogP contribution is 2.29. The van der Waals surface area contributed by atoms with E-state index in [-0.39, 0.29) is 0 Å². The zero-order valence-electron chi connectivity index (χ0n) is 16.0. The zero-order valence-corrected chi connectivity index (χ0v) is 16.0. The molecule has 1 heterocycles. The van der Waals surface area contributed by atoms with Gasteiger partial charge in [-0.25, -0.2) is 9.97 Å². The number of nitrogens with one attached hydrogen (secondary N) is 2. The maximum absolute atomic E-state index is 4.88. The molecule has 0 unspecified atom stereocenters. The van der Waals surface area contributed by atoms with Crippen LogP contribution in [0.3, 0.4) is 0 Å². The molecule has 4 heteroatoms. The molecule has 0 radical (unpaired) electrons. The Hall–Kier alpha value is -3.66. The molecule has 0 saturated heterocycles. The van der Waals surface area contributed by atoms with E-state index in [1.54, 1.807) is 0 Å².